The van der Waals surface area contributed by atoms with Gasteiger partial charge in [-0.15, -0.1) is 0 Å². The molecule has 0 aliphatic heterocycles. The summed E-state index contributed by atoms with van der Waals surface area (Å²) < 4.78 is 5.53. The molecule has 2 aromatic rings. The molecule has 4 heteroatoms. The van der Waals surface area contributed by atoms with E-state index in [1.807, 2.05) is 13.8 Å². The van der Waals surface area contributed by atoms with Gasteiger partial charge in [0.2, 0.25) is 5.88 Å². The van der Waals surface area contributed by atoms with Crippen LogP contribution in [-0.2, 0) is 0 Å². The van der Waals surface area contributed by atoms with Crippen molar-refractivity contribution >= 4 is 0 Å². The summed E-state index contributed by atoms with van der Waals surface area (Å²) in [7, 11) is 0. The van der Waals surface area contributed by atoms with Crippen LogP contribution in [0.25, 0.3) is 0 Å². The number of hydrogen-bond acceptors (Lipinski definition) is 4. The molecule has 0 aliphatic rings. The van der Waals surface area contributed by atoms with Gasteiger partial charge in [0.1, 0.15) is 17.3 Å². The first-order chi connectivity index (χ1) is 7.63. The van der Waals surface area contributed by atoms with Gasteiger partial charge >= 0.3 is 0 Å². The van der Waals surface area contributed by atoms with Crippen molar-refractivity contribution in [2.45, 2.75) is 13.8 Å². The van der Waals surface area contributed by atoms with E-state index in [4.69, 9.17) is 9.84 Å². The maximum atomic E-state index is 9.13. The Morgan fingerprint density at radius 3 is 2.38 bits per heavy atom. The van der Waals surface area contributed by atoms with Crippen LogP contribution >= 0.6 is 0 Å². The molecular formula is C12H12N2O2. The summed E-state index contributed by atoms with van der Waals surface area (Å²) in [4.78, 5) is 8.31. The lowest BCUT2D eigenvalue weighted by atomic mass is 10.3. The Balaban J connectivity index is 2.23. The molecule has 1 aromatic heterocycles. The van der Waals surface area contributed by atoms with E-state index in [1.54, 1.807) is 30.3 Å². The molecule has 0 saturated heterocycles. The number of phenolic OH excluding ortho intramolecular Hbond substituents is 1. The first-order valence-corrected chi connectivity index (χ1v) is 4.92. The Hall–Kier alpha value is -2.10. The Morgan fingerprint density at radius 1 is 1.06 bits per heavy atom. The van der Waals surface area contributed by atoms with E-state index in [0.717, 1.165) is 5.69 Å². The van der Waals surface area contributed by atoms with E-state index in [2.05, 4.69) is 9.97 Å². The molecule has 0 unspecified atom stereocenters. The predicted octanol–water partition coefficient (Wildman–Crippen LogP) is 2.59. The second-order valence-electron chi connectivity index (χ2n) is 3.49. The number of aromatic nitrogens is 2. The number of aromatic hydroxyl groups is 1. The molecule has 0 amide bonds. The van der Waals surface area contributed by atoms with Crippen LogP contribution in [0.15, 0.2) is 30.3 Å². The van der Waals surface area contributed by atoms with Gasteiger partial charge in [0, 0.05) is 11.8 Å². The normalized spacial score (nSPS) is 10.1. The molecule has 0 aliphatic carbocycles. The van der Waals surface area contributed by atoms with Gasteiger partial charge in [-0.05, 0) is 38.1 Å². The Morgan fingerprint density at radius 2 is 1.75 bits per heavy atom. The summed E-state index contributed by atoms with van der Waals surface area (Å²) >= 11 is 0. The minimum atomic E-state index is 0.211. The quantitative estimate of drug-likeness (QED) is 0.838. The van der Waals surface area contributed by atoms with Gasteiger partial charge in [0.15, 0.2) is 0 Å². The van der Waals surface area contributed by atoms with Gasteiger partial charge < -0.3 is 9.84 Å². The van der Waals surface area contributed by atoms with Crippen molar-refractivity contribution in [3.05, 3.63) is 41.9 Å². The maximum Gasteiger partial charge on any atom is 0.222 e. The summed E-state index contributed by atoms with van der Waals surface area (Å²) in [5, 5.41) is 9.13. The van der Waals surface area contributed by atoms with E-state index in [0.29, 0.717) is 17.5 Å². The zero-order valence-electron chi connectivity index (χ0n) is 9.14. The van der Waals surface area contributed by atoms with E-state index in [-0.39, 0.29) is 5.75 Å². The molecule has 1 heterocycles. The first kappa shape index (κ1) is 10.4. The van der Waals surface area contributed by atoms with Gasteiger partial charge in [-0.1, -0.05) is 0 Å². The van der Waals surface area contributed by atoms with E-state index < -0.39 is 0 Å². The van der Waals surface area contributed by atoms with Crippen LogP contribution in [0.5, 0.6) is 17.4 Å². The standard InChI is InChI=1S/C12H12N2O2/c1-8-7-12(14-9(2)13-8)16-11-5-3-10(15)4-6-11/h3-7,15H,1-2H3. The molecule has 0 atom stereocenters. The smallest absolute Gasteiger partial charge is 0.222 e. The number of nitrogens with zero attached hydrogens (tertiary/aromatic N) is 2. The second-order valence-corrected chi connectivity index (χ2v) is 3.49. The first-order valence-electron chi connectivity index (χ1n) is 4.92. The lowest BCUT2D eigenvalue weighted by Crippen LogP contribution is -1.94. The van der Waals surface area contributed by atoms with Crippen LogP contribution in [0, 0.1) is 13.8 Å². The van der Waals surface area contributed by atoms with E-state index in [9.17, 15) is 0 Å². The maximum absolute atomic E-state index is 9.13. The number of rotatable bonds is 2. The minimum Gasteiger partial charge on any atom is -0.508 e. The molecule has 0 saturated carbocycles. The average Bonchev–Trinajstić information content (AvgIpc) is 2.20. The number of hydrogen-bond donors (Lipinski definition) is 1. The molecular weight excluding hydrogens is 204 g/mol. The van der Waals surface area contributed by atoms with Crippen LogP contribution in [0.2, 0.25) is 0 Å². The number of benzene rings is 1. The van der Waals surface area contributed by atoms with E-state index in [1.165, 1.54) is 0 Å². The zero-order valence-corrected chi connectivity index (χ0v) is 9.14. The molecule has 0 spiro atoms. The Labute approximate surface area is 93.6 Å². The molecule has 2 rings (SSSR count). The third kappa shape index (κ3) is 2.48. The van der Waals surface area contributed by atoms with Crippen molar-refractivity contribution in [2.24, 2.45) is 0 Å². The summed E-state index contributed by atoms with van der Waals surface area (Å²) in [6, 6.07) is 8.26. The van der Waals surface area contributed by atoms with Crippen LogP contribution in [-0.4, -0.2) is 15.1 Å². The third-order valence-corrected chi connectivity index (χ3v) is 2.00. The van der Waals surface area contributed by atoms with Crippen LogP contribution in [0.3, 0.4) is 0 Å². The largest absolute Gasteiger partial charge is 0.508 e. The fourth-order valence-electron chi connectivity index (χ4n) is 1.37. The predicted molar refractivity (Wildman–Crippen MR) is 59.7 cm³/mol. The Bertz CT molecular complexity index is 475. The molecule has 1 N–H and O–H groups in total. The molecule has 1 aromatic carbocycles. The second kappa shape index (κ2) is 4.18. The SMILES string of the molecule is Cc1cc(Oc2ccc(O)cc2)nc(C)n1. The highest BCUT2D eigenvalue weighted by Crippen LogP contribution is 2.22. The van der Waals surface area contributed by atoms with Crippen molar-refractivity contribution in [1.82, 2.24) is 9.97 Å². The molecule has 0 bridgehead atoms. The van der Waals surface area contributed by atoms with Gasteiger partial charge in [0.25, 0.3) is 0 Å². The van der Waals surface area contributed by atoms with Gasteiger partial charge in [-0.25, -0.2) is 4.98 Å². The van der Waals surface area contributed by atoms with Gasteiger partial charge in [-0.3, -0.25) is 0 Å². The Kier molecular flexibility index (Phi) is 2.72. The highest BCUT2D eigenvalue weighted by molar-refractivity contribution is 5.32. The van der Waals surface area contributed by atoms with Crippen molar-refractivity contribution in [3.8, 4) is 17.4 Å². The summed E-state index contributed by atoms with van der Waals surface area (Å²) in [5.41, 5.74) is 0.862. The van der Waals surface area contributed by atoms with Crippen LogP contribution in [0.1, 0.15) is 11.5 Å². The lowest BCUT2D eigenvalue weighted by Gasteiger charge is -2.05. The lowest BCUT2D eigenvalue weighted by molar-refractivity contribution is 0.451. The fraction of sp³-hybridized carbons (Fsp3) is 0.167. The third-order valence-electron chi connectivity index (χ3n) is 2.00. The monoisotopic (exact) mass is 216 g/mol. The minimum absolute atomic E-state index is 0.211. The van der Waals surface area contributed by atoms with Crippen molar-refractivity contribution in [1.29, 1.82) is 0 Å². The van der Waals surface area contributed by atoms with Crippen molar-refractivity contribution in [3.63, 3.8) is 0 Å². The van der Waals surface area contributed by atoms with Crippen LogP contribution in [0.4, 0.5) is 0 Å². The van der Waals surface area contributed by atoms with Gasteiger partial charge in [0.05, 0.1) is 0 Å². The number of phenols is 1. The zero-order chi connectivity index (χ0) is 11.5. The molecule has 0 fully saturated rings. The molecule has 16 heavy (non-hydrogen) atoms. The summed E-state index contributed by atoms with van der Waals surface area (Å²) in [6.45, 7) is 3.70. The summed E-state index contributed by atoms with van der Waals surface area (Å²) in [6.07, 6.45) is 0. The van der Waals surface area contributed by atoms with E-state index >= 15 is 0 Å². The van der Waals surface area contributed by atoms with Gasteiger partial charge in [-0.2, -0.15) is 4.98 Å². The molecule has 4 nitrogen and oxygen atoms in total. The topological polar surface area (TPSA) is 55.2 Å². The number of ether oxygens (including phenoxy) is 1. The van der Waals surface area contributed by atoms with Crippen LogP contribution < -0.4 is 4.74 Å². The fourth-order valence-corrected chi connectivity index (χ4v) is 1.37. The van der Waals surface area contributed by atoms with Crippen molar-refractivity contribution in [2.75, 3.05) is 0 Å². The number of aryl methyl sites for hydroxylation is 2. The van der Waals surface area contributed by atoms with Crippen molar-refractivity contribution < 1.29 is 9.84 Å². The summed E-state index contributed by atoms with van der Waals surface area (Å²) in [5.74, 6) is 2.03. The molecule has 0 radical (unpaired) electrons. The molecule has 82 valence electrons. The average molecular weight is 216 g/mol. The highest BCUT2D eigenvalue weighted by atomic mass is 16.5. The highest BCUT2D eigenvalue weighted by Gasteiger charge is 2.01.